The van der Waals surface area contributed by atoms with E-state index >= 15 is 0 Å². The Hall–Kier alpha value is -2.29. The molecule has 2 aromatic rings. The number of hydrogen-bond acceptors (Lipinski definition) is 2. The number of rotatable bonds is 5. The van der Waals surface area contributed by atoms with Gasteiger partial charge in [0.2, 0.25) is 5.91 Å². The lowest BCUT2D eigenvalue weighted by Gasteiger charge is -2.19. The van der Waals surface area contributed by atoms with Gasteiger partial charge < -0.3 is 10.4 Å². The zero-order valence-electron chi connectivity index (χ0n) is 14.1. The number of aromatic hydroxyl groups is 1. The molecule has 23 heavy (non-hydrogen) atoms. The highest BCUT2D eigenvalue weighted by atomic mass is 16.3. The largest absolute Gasteiger partial charge is 0.508 e. The molecule has 0 unspecified atom stereocenters. The molecule has 0 spiro atoms. The van der Waals surface area contributed by atoms with Crippen LogP contribution in [0, 0.1) is 0 Å². The Balaban J connectivity index is 1.79. The molecular weight excluding hydrogens is 286 g/mol. The maximum absolute atomic E-state index is 11.9. The molecule has 2 N–H and O–H groups in total. The maximum Gasteiger partial charge on any atom is 0.220 e. The van der Waals surface area contributed by atoms with Crippen LogP contribution in [-0.4, -0.2) is 11.0 Å². The van der Waals surface area contributed by atoms with Crippen LogP contribution in [0.3, 0.4) is 0 Å². The van der Waals surface area contributed by atoms with Crippen molar-refractivity contribution in [3.05, 3.63) is 65.2 Å². The number of nitrogens with one attached hydrogen (secondary N) is 1. The standard InChI is InChI=1S/C20H25NO2/c1-20(2,3)17-9-4-16(5-10-17)14-21-19(23)13-8-15-6-11-18(22)12-7-15/h4-7,9-12,22H,8,13-14H2,1-3H3,(H,21,23). The van der Waals surface area contributed by atoms with Gasteiger partial charge in [-0.2, -0.15) is 0 Å². The van der Waals surface area contributed by atoms with E-state index in [1.165, 1.54) is 5.56 Å². The second-order valence-electron chi connectivity index (χ2n) is 6.89. The van der Waals surface area contributed by atoms with Crippen molar-refractivity contribution in [3.63, 3.8) is 0 Å². The van der Waals surface area contributed by atoms with E-state index in [0.717, 1.165) is 11.1 Å². The molecule has 3 nitrogen and oxygen atoms in total. The van der Waals surface area contributed by atoms with E-state index in [2.05, 4.69) is 50.4 Å². The van der Waals surface area contributed by atoms with Gasteiger partial charge >= 0.3 is 0 Å². The first-order valence-electron chi connectivity index (χ1n) is 7.98. The van der Waals surface area contributed by atoms with Crippen molar-refractivity contribution in [1.82, 2.24) is 5.32 Å². The molecule has 3 heteroatoms. The molecule has 0 aromatic heterocycles. The maximum atomic E-state index is 11.9. The van der Waals surface area contributed by atoms with Crippen molar-refractivity contribution in [3.8, 4) is 5.75 Å². The number of phenolic OH excluding ortho intramolecular Hbond substituents is 1. The summed E-state index contributed by atoms with van der Waals surface area (Å²) in [6.45, 7) is 7.12. The van der Waals surface area contributed by atoms with Gasteiger partial charge in [0.05, 0.1) is 0 Å². The van der Waals surface area contributed by atoms with E-state index in [1.54, 1.807) is 12.1 Å². The molecule has 0 radical (unpaired) electrons. The fraction of sp³-hybridized carbons (Fsp3) is 0.350. The first kappa shape index (κ1) is 17.1. The fourth-order valence-electron chi connectivity index (χ4n) is 2.33. The molecule has 2 aromatic carbocycles. The van der Waals surface area contributed by atoms with Crippen LogP contribution >= 0.6 is 0 Å². The van der Waals surface area contributed by atoms with Crippen LogP contribution in [0.25, 0.3) is 0 Å². The number of hydrogen-bond donors (Lipinski definition) is 2. The molecule has 122 valence electrons. The van der Waals surface area contributed by atoms with Crippen LogP contribution in [0.15, 0.2) is 48.5 Å². The van der Waals surface area contributed by atoms with Gasteiger partial charge in [0.1, 0.15) is 5.75 Å². The van der Waals surface area contributed by atoms with Gasteiger partial charge in [0, 0.05) is 13.0 Å². The topological polar surface area (TPSA) is 49.3 Å². The quantitative estimate of drug-likeness (QED) is 0.878. The lowest BCUT2D eigenvalue weighted by molar-refractivity contribution is -0.121. The Labute approximate surface area is 138 Å². The Morgan fingerprint density at radius 2 is 1.52 bits per heavy atom. The molecule has 0 bridgehead atoms. The van der Waals surface area contributed by atoms with Gasteiger partial charge in [-0.3, -0.25) is 4.79 Å². The van der Waals surface area contributed by atoms with Gasteiger partial charge in [0.15, 0.2) is 0 Å². The van der Waals surface area contributed by atoms with Crippen molar-refractivity contribution in [2.24, 2.45) is 0 Å². The van der Waals surface area contributed by atoms with Crippen molar-refractivity contribution in [2.75, 3.05) is 0 Å². The second kappa shape index (κ2) is 7.32. The zero-order chi connectivity index (χ0) is 16.9. The summed E-state index contributed by atoms with van der Waals surface area (Å²) in [6.07, 6.45) is 1.12. The average molecular weight is 311 g/mol. The Morgan fingerprint density at radius 3 is 2.09 bits per heavy atom. The Morgan fingerprint density at radius 1 is 0.957 bits per heavy atom. The van der Waals surface area contributed by atoms with Crippen molar-refractivity contribution < 1.29 is 9.90 Å². The zero-order valence-corrected chi connectivity index (χ0v) is 14.1. The second-order valence-corrected chi connectivity index (χ2v) is 6.89. The number of aryl methyl sites for hydroxylation is 1. The summed E-state index contributed by atoms with van der Waals surface area (Å²) >= 11 is 0. The fourth-order valence-corrected chi connectivity index (χ4v) is 2.33. The summed E-state index contributed by atoms with van der Waals surface area (Å²) in [6, 6.07) is 15.4. The molecule has 0 aliphatic heterocycles. The summed E-state index contributed by atoms with van der Waals surface area (Å²) in [4.78, 5) is 11.9. The minimum Gasteiger partial charge on any atom is -0.508 e. The molecular formula is C20H25NO2. The number of carbonyl (C=O) groups is 1. The molecule has 0 saturated carbocycles. The predicted octanol–water partition coefficient (Wildman–Crippen LogP) is 3.94. The molecule has 0 heterocycles. The van der Waals surface area contributed by atoms with Crippen molar-refractivity contribution in [1.29, 1.82) is 0 Å². The van der Waals surface area contributed by atoms with Gasteiger partial charge in [-0.05, 0) is 40.7 Å². The van der Waals surface area contributed by atoms with Crippen LogP contribution in [0.4, 0.5) is 0 Å². The third-order valence-electron chi connectivity index (χ3n) is 3.89. The number of benzene rings is 2. The predicted molar refractivity (Wildman–Crippen MR) is 93.4 cm³/mol. The van der Waals surface area contributed by atoms with Crippen LogP contribution in [0.1, 0.15) is 43.9 Å². The lowest BCUT2D eigenvalue weighted by Crippen LogP contribution is -2.23. The molecule has 0 atom stereocenters. The van der Waals surface area contributed by atoms with E-state index in [1.807, 2.05) is 12.1 Å². The van der Waals surface area contributed by atoms with E-state index in [0.29, 0.717) is 19.4 Å². The summed E-state index contributed by atoms with van der Waals surface area (Å²) < 4.78 is 0. The highest BCUT2D eigenvalue weighted by Crippen LogP contribution is 2.22. The van der Waals surface area contributed by atoms with E-state index in [-0.39, 0.29) is 17.1 Å². The number of amides is 1. The Bertz CT molecular complexity index is 637. The highest BCUT2D eigenvalue weighted by molar-refractivity contribution is 5.76. The molecule has 1 amide bonds. The molecule has 0 fully saturated rings. The minimum atomic E-state index is 0.0398. The smallest absolute Gasteiger partial charge is 0.220 e. The summed E-state index contributed by atoms with van der Waals surface area (Å²) in [5.74, 6) is 0.287. The number of carbonyl (C=O) groups excluding carboxylic acids is 1. The first-order chi connectivity index (χ1) is 10.8. The lowest BCUT2D eigenvalue weighted by atomic mass is 9.87. The van der Waals surface area contributed by atoms with Gasteiger partial charge in [-0.15, -0.1) is 0 Å². The number of phenols is 1. The van der Waals surface area contributed by atoms with Gasteiger partial charge in [0.25, 0.3) is 0 Å². The van der Waals surface area contributed by atoms with E-state index < -0.39 is 0 Å². The summed E-state index contributed by atoms with van der Waals surface area (Å²) in [7, 11) is 0. The molecule has 0 aliphatic carbocycles. The monoisotopic (exact) mass is 311 g/mol. The van der Waals surface area contributed by atoms with Crippen LogP contribution < -0.4 is 5.32 Å². The van der Waals surface area contributed by atoms with Crippen LogP contribution in [0.5, 0.6) is 5.75 Å². The summed E-state index contributed by atoms with van der Waals surface area (Å²) in [5.41, 5.74) is 3.59. The highest BCUT2D eigenvalue weighted by Gasteiger charge is 2.12. The molecule has 0 saturated heterocycles. The Kier molecular flexibility index (Phi) is 5.43. The molecule has 2 rings (SSSR count). The van der Waals surface area contributed by atoms with Crippen LogP contribution in [-0.2, 0) is 23.2 Å². The SMILES string of the molecule is CC(C)(C)c1ccc(CNC(=O)CCc2ccc(O)cc2)cc1. The van der Waals surface area contributed by atoms with Crippen molar-refractivity contribution >= 4 is 5.91 Å². The summed E-state index contributed by atoms with van der Waals surface area (Å²) in [5, 5.41) is 12.2. The van der Waals surface area contributed by atoms with E-state index in [9.17, 15) is 9.90 Å². The normalized spacial score (nSPS) is 11.3. The van der Waals surface area contributed by atoms with Gasteiger partial charge in [-0.1, -0.05) is 57.2 Å². The third kappa shape index (κ3) is 5.44. The minimum absolute atomic E-state index is 0.0398. The third-order valence-corrected chi connectivity index (χ3v) is 3.89. The van der Waals surface area contributed by atoms with Gasteiger partial charge in [-0.25, -0.2) is 0 Å². The van der Waals surface area contributed by atoms with Crippen LogP contribution in [0.2, 0.25) is 0 Å². The van der Waals surface area contributed by atoms with E-state index in [4.69, 9.17) is 0 Å². The average Bonchev–Trinajstić information content (AvgIpc) is 2.52. The molecule has 0 aliphatic rings. The first-order valence-corrected chi connectivity index (χ1v) is 7.98. The van der Waals surface area contributed by atoms with Crippen molar-refractivity contribution in [2.45, 2.75) is 45.6 Å².